The zero-order valence-electron chi connectivity index (χ0n) is 13.6. The second-order valence-electron chi connectivity index (χ2n) is 6.19. The van der Waals surface area contributed by atoms with Crippen LogP contribution >= 0.6 is 23.5 Å². The van der Waals surface area contributed by atoms with Crippen LogP contribution in [0.25, 0.3) is 20.6 Å². The summed E-state index contributed by atoms with van der Waals surface area (Å²) in [5.74, 6) is 0. The summed E-state index contributed by atoms with van der Waals surface area (Å²) in [6.45, 7) is 4.82. The number of benzene rings is 1. The average Bonchev–Trinajstić information content (AvgIpc) is 2.91. The van der Waals surface area contributed by atoms with Crippen molar-refractivity contribution in [1.82, 2.24) is 10.2 Å². The third kappa shape index (κ3) is 3.39. The molecule has 0 amide bonds. The normalized spacial score (nSPS) is 16.6. The minimum absolute atomic E-state index is 0.0157. The molecule has 1 aliphatic heterocycles. The van der Waals surface area contributed by atoms with Crippen molar-refractivity contribution in [2.45, 2.75) is 6.54 Å². The Morgan fingerprint density at radius 2 is 2.04 bits per heavy atom. The van der Waals surface area contributed by atoms with Crippen molar-refractivity contribution in [3.8, 4) is 0 Å². The van der Waals surface area contributed by atoms with E-state index in [1.165, 1.54) is 10.5 Å². The molecule has 0 spiro atoms. The Labute approximate surface area is 163 Å². The van der Waals surface area contributed by atoms with Gasteiger partial charge in [-0.05, 0) is 0 Å². The van der Waals surface area contributed by atoms with Crippen LogP contribution in [0.5, 0.6) is 0 Å². The maximum absolute atomic E-state index is 12.1. The summed E-state index contributed by atoms with van der Waals surface area (Å²) in [7, 11) is -4.66. The van der Waals surface area contributed by atoms with Gasteiger partial charge in [-0.2, -0.15) is 0 Å². The molecule has 0 radical (unpaired) electrons. The molecule has 4 rings (SSSR count). The van der Waals surface area contributed by atoms with Crippen molar-refractivity contribution in [2.24, 2.45) is 0 Å². The molecule has 0 saturated carbocycles. The van der Waals surface area contributed by atoms with Gasteiger partial charge in [0.15, 0.2) is 0 Å². The van der Waals surface area contributed by atoms with E-state index in [2.05, 4.69) is 26.1 Å². The molecule has 10 heteroatoms. The Balaban J connectivity index is 1.84. The molecule has 3 N–H and O–H groups in total. The summed E-state index contributed by atoms with van der Waals surface area (Å²) in [6, 6.07) is 4.90. The number of piperazine rings is 1. The van der Waals surface area contributed by atoms with Crippen molar-refractivity contribution in [3.63, 3.8) is 0 Å². The van der Waals surface area contributed by atoms with E-state index in [1.807, 2.05) is 6.07 Å². The van der Waals surface area contributed by atoms with Crippen LogP contribution in [0.15, 0.2) is 31.9 Å². The fourth-order valence-electron chi connectivity index (χ4n) is 3.12. The molecule has 0 bridgehead atoms. The van der Waals surface area contributed by atoms with Crippen LogP contribution in [-0.2, 0) is 11.1 Å². The van der Waals surface area contributed by atoms with Gasteiger partial charge in [-0.15, -0.1) is 0 Å². The summed E-state index contributed by atoms with van der Waals surface area (Å²) in [5.41, 5.74) is -0.543. The second kappa shape index (κ2) is 7.00. The van der Waals surface area contributed by atoms with Crippen LogP contribution in [0.4, 0.5) is 0 Å². The first-order valence-electron chi connectivity index (χ1n) is 8.01. The third-order valence-corrected chi connectivity index (χ3v) is 9.37. The SMILES string of the molecule is O=c1oc2c(ccc3c(Br)c(CN4CCNCC4)[se]c32)cc1P(=O)(O)O. The number of nitrogens with one attached hydrogen (secondary N) is 1. The fraction of sp³-hybridized carbons (Fsp3) is 0.312. The van der Waals surface area contributed by atoms with Crippen molar-refractivity contribution in [1.29, 1.82) is 0 Å². The Morgan fingerprint density at radius 3 is 2.73 bits per heavy atom. The van der Waals surface area contributed by atoms with Gasteiger partial charge in [0.2, 0.25) is 0 Å². The second-order valence-corrected chi connectivity index (χ2v) is 10.9. The van der Waals surface area contributed by atoms with Crippen LogP contribution in [-0.4, -0.2) is 55.4 Å². The molecule has 1 saturated heterocycles. The van der Waals surface area contributed by atoms with E-state index in [0.29, 0.717) is 11.0 Å². The molecule has 1 aromatic carbocycles. The quantitative estimate of drug-likeness (QED) is 0.277. The number of nitrogens with zero attached hydrogens (tertiary/aromatic N) is 1. The molecule has 1 aliphatic rings. The molecule has 2 aromatic heterocycles. The molecule has 0 aliphatic carbocycles. The Bertz CT molecular complexity index is 1100. The van der Waals surface area contributed by atoms with E-state index in [9.17, 15) is 19.1 Å². The first-order valence-corrected chi connectivity index (χ1v) is 12.1. The number of hydrogen-bond donors (Lipinski definition) is 3. The van der Waals surface area contributed by atoms with Gasteiger partial charge in [0, 0.05) is 0 Å². The first kappa shape index (κ1) is 18.6. The van der Waals surface area contributed by atoms with Gasteiger partial charge >= 0.3 is 163 Å². The van der Waals surface area contributed by atoms with Crippen molar-refractivity contribution in [3.05, 3.63) is 37.5 Å². The minimum atomic E-state index is -4.66. The van der Waals surface area contributed by atoms with E-state index >= 15 is 0 Å². The topological polar surface area (TPSA) is 103 Å². The predicted molar refractivity (Wildman–Crippen MR) is 104 cm³/mol. The first-order chi connectivity index (χ1) is 12.3. The van der Waals surface area contributed by atoms with Gasteiger partial charge < -0.3 is 0 Å². The van der Waals surface area contributed by atoms with Crippen molar-refractivity contribution >= 4 is 63.9 Å². The van der Waals surface area contributed by atoms with Gasteiger partial charge in [0.05, 0.1) is 0 Å². The van der Waals surface area contributed by atoms with Gasteiger partial charge in [-0.25, -0.2) is 0 Å². The molecule has 0 atom stereocenters. The summed E-state index contributed by atoms with van der Waals surface area (Å²) in [4.78, 5) is 33.1. The van der Waals surface area contributed by atoms with Gasteiger partial charge in [0.25, 0.3) is 0 Å². The van der Waals surface area contributed by atoms with E-state index in [4.69, 9.17) is 4.42 Å². The van der Waals surface area contributed by atoms with Crippen LogP contribution in [0.3, 0.4) is 0 Å². The molecule has 0 unspecified atom stereocenters. The summed E-state index contributed by atoms with van der Waals surface area (Å²) < 4.78 is 20.1. The molecule has 3 heterocycles. The number of hydrogen-bond acceptors (Lipinski definition) is 5. The monoisotopic (exact) mass is 506 g/mol. The third-order valence-electron chi connectivity index (χ3n) is 4.44. The Kier molecular flexibility index (Phi) is 5.01. The van der Waals surface area contributed by atoms with Gasteiger partial charge in [-0.3, -0.25) is 0 Å². The standard InChI is InChI=1S/C16H16BrN2O5PSe/c17-13-10-2-1-9-7-11(25(21,22)23)16(20)24-14(9)15(10)26-12(13)8-19-5-3-18-4-6-19/h1-2,7,18H,3-6,8H2,(H2,21,22,23). The average molecular weight is 506 g/mol. The van der Waals surface area contributed by atoms with Gasteiger partial charge in [-0.1, -0.05) is 0 Å². The summed E-state index contributed by atoms with van der Waals surface area (Å²) in [5, 5.41) is 4.27. The summed E-state index contributed by atoms with van der Waals surface area (Å²) in [6.07, 6.45) is 0. The van der Waals surface area contributed by atoms with Crippen molar-refractivity contribution < 1.29 is 18.8 Å². The number of fused-ring (bicyclic) bond motifs is 3. The molecular weight excluding hydrogens is 490 g/mol. The molecule has 3 aromatic rings. The van der Waals surface area contributed by atoms with E-state index < -0.39 is 18.5 Å². The maximum atomic E-state index is 12.1. The van der Waals surface area contributed by atoms with Crippen LogP contribution in [0, 0.1) is 0 Å². The van der Waals surface area contributed by atoms with Crippen LogP contribution in [0.1, 0.15) is 4.44 Å². The zero-order chi connectivity index (χ0) is 18.5. The zero-order valence-corrected chi connectivity index (χ0v) is 17.8. The number of rotatable bonds is 3. The molecule has 26 heavy (non-hydrogen) atoms. The van der Waals surface area contributed by atoms with Gasteiger partial charge in [0.1, 0.15) is 0 Å². The van der Waals surface area contributed by atoms with Crippen molar-refractivity contribution in [2.75, 3.05) is 26.2 Å². The van der Waals surface area contributed by atoms with E-state index in [0.717, 1.165) is 46.8 Å². The van der Waals surface area contributed by atoms with Crippen LogP contribution < -0.4 is 16.2 Å². The fourth-order valence-corrected chi connectivity index (χ4v) is 7.45. The van der Waals surface area contributed by atoms with E-state index in [1.54, 1.807) is 6.07 Å². The molecule has 138 valence electrons. The Hall–Kier alpha value is -0.761. The Morgan fingerprint density at radius 1 is 1.31 bits per heavy atom. The van der Waals surface area contributed by atoms with E-state index in [-0.39, 0.29) is 14.5 Å². The molecular formula is C16H16BrN2O5PSe. The molecule has 1 fully saturated rings. The van der Waals surface area contributed by atoms with Crippen LogP contribution in [0.2, 0.25) is 0 Å². The number of halogens is 1. The predicted octanol–water partition coefficient (Wildman–Crippen LogP) is 0.974. The summed E-state index contributed by atoms with van der Waals surface area (Å²) >= 11 is 3.67. The molecule has 7 nitrogen and oxygen atoms in total.